The highest BCUT2D eigenvalue weighted by atomic mass is 19.1. The summed E-state index contributed by atoms with van der Waals surface area (Å²) in [6, 6.07) is 12.0. The summed E-state index contributed by atoms with van der Waals surface area (Å²) in [4.78, 5) is 23.8. The summed E-state index contributed by atoms with van der Waals surface area (Å²) >= 11 is 0. The Morgan fingerprint density at radius 2 is 1.91 bits per heavy atom. The average molecular weight is 300 g/mol. The number of hydrogen-bond acceptors (Lipinski definition) is 4. The summed E-state index contributed by atoms with van der Waals surface area (Å²) in [5.41, 5.74) is 0.725. The second-order valence-electron chi connectivity index (χ2n) is 4.85. The fourth-order valence-corrected chi connectivity index (χ4v) is 2.18. The Bertz CT molecular complexity index is 733. The Hall–Kier alpha value is -2.89. The number of rotatable bonds is 3. The number of hydrogen-bond donors (Lipinski definition) is 2. The number of para-hydroxylation sites is 3. The molecule has 3 rings (SSSR count). The minimum atomic E-state index is -0.804. The molecule has 1 amide bonds. The number of benzene rings is 2. The van der Waals surface area contributed by atoms with Crippen molar-refractivity contribution >= 4 is 23.3 Å². The summed E-state index contributed by atoms with van der Waals surface area (Å²) < 4.78 is 18.6. The van der Waals surface area contributed by atoms with E-state index in [1.54, 1.807) is 30.3 Å². The van der Waals surface area contributed by atoms with Crippen molar-refractivity contribution in [3.05, 3.63) is 54.3 Å². The smallest absolute Gasteiger partial charge is 0.334 e. The highest BCUT2D eigenvalue weighted by Crippen LogP contribution is 2.29. The first kappa shape index (κ1) is 14.1. The zero-order valence-corrected chi connectivity index (χ0v) is 11.5. The molecule has 0 radical (unpaired) electrons. The van der Waals surface area contributed by atoms with Crippen LogP contribution in [0.4, 0.5) is 15.8 Å². The number of anilines is 2. The van der Waals surface area contributed by atoms with E-state index in [1.807, 2.05) is 0 Å². The average Bonchev–Trinajstić information content (AvgIpc) is 2.50. The molecule has 22 heavy (non-hydrogen) atoms. The van der Waals surface area contributed by atoms with Crippen molar-refractivity contribution in [2.24, 2.45) is 0 Å². The number of carbonyl (C=O) groups is 2. The van der Waals surface area contributed by atoms with Crippen LogP contribution in [-0.4, -0.2) is 17.9 Å². The fraction of sp³-hybridized carbons (Fsp3) is 0.125. The Labute approximate surface area is 126 Å². The van der Waals surface area contributed by atoms with Crippen LogP contribution in [0.2, 0.25) is 0 Å². The van der Waals surface area contributed by atoms with Gasteiger partial charge < -0.3 is 15.4 Å². The first-order chi connectivity index (χ1) is 10.6. The maximum Gasteiger partial charge on any atom is 0.334 e. The van der Waals surface area contributed by atoms with E-state index in [9.17, 15) is 14.0 Å². The standard InChI is InChI=1S/C16H13FN2O3/c17-10-5-1-2-6-11(10)19-15(20)9-13-16(21)22-14-8-4-3-7-12(14)18-13/h1-8,13,18H,9H2,(H,19,20)/t13-/m1/s1. The van der Waals surface area contributed by atoms with Gasteiger partial charge in [-0.15, -0.1) is 0 Å². The van der Waals surface area contributed by atoms with Crippen molar-refractivity contribution < 1.29 is 18.7 Å². The molecule has 1 atom stereocenters. The molecule has 6 heteroatoms. The zero-order chi connectivity index (χ0) is 15.5. The predicted molar refractivity (Wildman–Crippen MR) is 79.1 cm³/mol. The van der Waals surface area contributed by atoms with Gasteiger partial charge in [0.05, 0.1) is 17.8 Å². The normalized spacial score (nSPS) is 16.2. The van der Waals surface area contributed by atoms with Gasteiger partial charge in [0, 0.05) is 0 Å². The first-order valence-electron chi connectivity index (χ1n) is 6.75. The number of amides is 1. The van der Waals surface area contributed by atoms with E-state index in [2.05, 4.69) is 10.6 Å². The van der Waals surface area contributed by atoms with E-state index in [0.717, 1.165) is 0 Å². The van der Waals surface area contributed by atoms with E-state index in [4.69, 9.17) is 4.74 Å². The summed E-state index contributed by atoms with van der Waals surface area (Å²) in [6.45, 7) is 0. The van der Waals surface area contributed by atoms with Crippen LogP contribution in [0.5, 0.6) is 5.75 Å². The number of nitrogens with one attached hydrogen (secondary N) is 2. The van der Waals surface area contributed by atoms with Gasteiger partial charge in [0.25, 0.3) is 0 Å². The van der Waals surface area contributed by atoms with Crippen molar-refractivity contribution in [2.45, 2.75) is 12.5 Å². The fourth-order valence-electron chi connectivity index (χ4n) is 2.18. The van der Waals surface area contributed by atoms with Crippen LogP contribution < -0.4 is 15.4 Å². The molecule has 1 aliphatic heterocycles. The number of halogens is 1. The minimum absolute atomic E-state index is 0.0806. The lowest BCUT2D eigenvalue weighted by Crippen LogP contribution is -2.39. The van der Waals surface area contributed by atoms with Crippen LogP contribution in [0.3, 0.4) is 0 Å². The summed E-state index contributed by atoms with van der Waals surface area (Å²) in [6.07, 6.45) is -0.151. The summed E-state index contributed by atoms with van der Waals surface area (Å²) in [5, 5.41) is 5.39. The molecule has 1 aliphatic rings. The summed E-state index contributed by atoms with van der Waals surface area (Å²) in [5.74, 6) is -1.11. The lowest BCUT2D eigenvalue weighted by molar-refractivity contribution is -0.137. The topological polar surface area (TPSA) is 67.4 Å². The molecule has 0 aromatic heterocycles. The highest BCUT2D eigenvalue weighted by Gasteiger charge is 2.29. The molecule has 2 aromatic rings. The second-order valence-corrected chi connectivity index (χ2v) is 4.85. The van der Waals surface area contributed by atoms with Crippen molar-refractivity contribution in [3.8, 4) is 5.75 Å². The quantitative estimate of drug-likeness (QED) is 0.675. The largest absolute Gasteiger partial charge is 0.423 e. The van der Waals surface area contributed by atoms with Crippen LogP contribution in [0, 0.1) is 5.82 Å². The number of esters is 1. The molecule has 2 N–H and O–H groups in total. The molecule has 0 unspecified atom stereocenters. The van der Waals surface area contributed by atoms with Gasteiger partial charge >= 0.3 is 5.97 Å². The third kappa shape index (κ3) is 2.90. The first-order valence-corrected chi connectivity index (χ1v) is 6.75. The molecule has 112 valence electrons. The summed E-state index contributed by atoms with van der Waals surface area (Å²) in [7, 11) is 0. The third-order valence-corrected chi connectivity index (χ3v) is 3.25. The Morgan fingerprint density at radius 3 is 2.73 bits per heavy atom. The second kappa shape index (κ2) is 5.85. The van der Waals surface area contributed by atoms with E-state index in [-0.39, 0.29) is 12.1 Å². The van der Waals surface area contributed by atoms with Crippen LogP contribution in [0.25, 0.3) is 0 Å². The van der Waals surface area contributed by atoms with Gasteiger partial charge in [-0.05, 0) is 24.3 Å². The van der Waals surface area contributed by atoms with Crippen LogP contribution in [-0.2, 0) is 9.59 Å². The molecule has 0 spiro atoms. The maximum absolute atomic E-state index is 13.5. The van der Waals surface area contributed by atoms with Gasteiger partial charge in [-0.3, -0.25) is 4.79 Å². The molecular formula is C16H13FN2O3. The Kier molecular flexibility index (Phi) is 3.74. The molecule has 0 fully saturated rings. The third-order valence-electron chi connectivity index (χ3n) is 3.25. The van der Waals surface area contributed by atoms with Crippen LogP contribution in [0.15, 0.2) is 48.5 Å². The van der Waals surface area contributed by atoms with E-state index in [0.29, 0.717) is 11.4 Å². The molecule has 5 nitrogen and oxygen atoms in total. The predicted octanol–water partition coefficient (Wildman–Crippen LogP) is 2.55. The molecule has 0 saturated carbocycles. The minimum Gasteiger partial charge on any atom is -0.423 e. The molecule has 0 bridgehead atoms. The lowest BCUT2D eigenvalue weighted by Gasteiger charge is -2.25. The van der Waals surface area contributed by atoms with Gasteiger partial charge in [-0.25, -0.2) is 9.18 Å². The van der Waals surface area contributed by atoms with E-state index >= 15 is 0 Å². The van der Waals surface area contributed by atoms with Crippen molar-refractivity contribution in [1.82, 2.24) is 0 Å². The Morgan fingerprint density at radius 1 is 1.18 bits per heavy atom. The van der Waals surface area contributed by atoms with Gasteiger partial charge in [-0.1, -0.05) is 24.3 Å². The van der Waals surface area contributed by atoms with Gasteiger partial charge in [0.1, 0.15) is 11.9 Å². The SMILES string of the molecule is O=C(C[C@H]1Nc2ccccc2OC1=O)Nc1ccccc1F. The van der Waals surface area contributed by atoms with Crippen molar-refractivity contribution in [3.63, 3.8) is 0 Å². The number of fused-ring (bicyclic) bond motifs is 1. The number of carbonyl (C=O) groups excluding carboxylic acids is 2. The van der Waals surface area contributed by atoms with Crippen molar-refractivity contribution in [1.29, 1.82) is 0 Å². The van der Waals surface area contributed by atoms with E-state index < -0.39 is 23.7 Å². The molecule has 2 aromatic carbocycles. The zero-order valence-electron chi connectivity index (χ0n) is 11.5. The lowest BCUT2D eigenvalue weighted by atomic mass is 10.1. The monoisotopic (exact) mass is 300 g/mol. The molecule has 0 aliphatic carbocycles. The van der Waals surface area contributed by atoms with Crippen LogP contribution in [0.1, 0.15) is 6.42 Å². The van der Waals surface area contributed by atoms with Crippen molar-refractivity contribution in [2.75, 3.05) is 10.6 Å². The van der Waals surface area contributed by atoms with Gasteiger partial charge in [0.2, 0.25) is 5.91 Å². The maximum atomic E-state index is 13.5. The van der Waals surface area contributed by atoms with E-state index in [1.165, 1.54) is 18.2 Å². The highest BCUT2D eigenvalue weighted by molar-refractivity contribution is 5.97. The van der Waals surface area contributed by atoms with Gasteiger partial charge in [0.15, 0.2) is 5.75 Å². The van der Waals surface area contributed by atoms with Gasteiger partial charge in [-0.2, -0.15) is 0 Å². The van der Waals surface area contributed by atoms with Crippen LogP contribution >= 0.6 is 0 Å². The Balaban J connectivity index is 1.67. The molecule has 0 saturated heterocycles. The number of ether oxygens (including phenoxy) is 1. The molecular weight excluding hydrogens is 287 g/mol. The molecule has 1 heterocycles.